The van der Waals surface area contributed by atoms with Crippen LogP contribution in [0.2, 0.25) is 0 Å². The first-order chi connectivity index (χ1) is 61.1. The van der Waals surface area contributed by atoms with Crippen LogP contribution in [0.25, 0.3) is 0 Å². The fraction of sp³-hybridized carbons (Fsp3) is 0.417. The Kier molecular flexibility index (Phi) is 62.1. The SMILES string of the molecule is [3H][I-]SC(=O)CCNC(=O)C(O)c1ccccc1.[3H][I-]SC(=O)[C@@H](OC(=O)CCN)c1ccccc1.[3H][I-]SC(=O)[C@@H](OC(=O)C[C@H](O)C(=O)O)c1ccccc1.[3H][I-]SC(=O)[C@H](C)OC(=O)[C@@H](N)CCC(=O)O.[3H][I-]SC(=O)[C@H](C)OC(=O)[C@@H](O)c1ccccc1.[3H][I-]SC(=O)[C@H](C)OC(=O)[C@@H]1CCCN1.[3H][I-]SC(=O)[C@H](C)OC(=O)[C@H](CCC(=O)O)NC(=O)[C@H](C)O. The summed E-state index contributed by atoms with van der Waals surface area (Å²) in [6.07, 6.45) is -11.3. The van der Waals surface area contributed by atoms with Crippen molar-refractivity contribution in [2.45, 2.75) is 172 Å². The van der Waals surface area contributed by atoms with E-state index in [1.165, 1.54) is 27.7 Å². The summed E-state index contributed by atoms with van der Waals surface area (Å²) in [6, 6.07) is 31.4. The van der Waals surface area contributed by atoms with E-state index in [0.717, 1.165) is 81.9 Å². The number of carbonyl (C=O) groups is 18. The van der Waals surface area contributed by atoms with E-state index in [0.29, 0.717) is 22.3 Å². The number of nitrogens with two attached hydrogens (primary N) is 2. The zero-order chi connectivity index (χ0) is 98.1. The quantitative estimate of drug-likeness (QED) is 0.0111. The van der Waals surface area contributed by atoms with Gasteiger partial charge in [0.1, 0.15) is 0 Å². The van der Waals surface area contributed by atoms with E-state index in [4.69, 9.17) is 69.6 Å². The third-order valence-electron chi connectivity index (χ3n) is 14.4. The van der Waals surface area contributed by atoms with E-state index >= 15 is 0 Å². The molecule has 0 bridgehead atoms. The summed E-state index contributed by atoms with van der Waals surface area (Å²) in [4.78, 5) is 204. The van der Waals surface area contributed by atoms with Gasteiger partial charge in [-0.15, -0.1) is 0 Å². The number of carboxylic acid groups (broad SMARTS) is 3. The van der Waals surface area contributed by atoms with Gasteiger partial charge in [0.15, 0.2) is 0 Å². The van der Waals surface area contributed by atoms with E-state index in [-0.39, 0.29) is 82.8 Å². The van der Waals surface area contributed by atoms with Crippen molar-refractivity contribution in [2.75, 3.05) is 19.6 Å². The molecule has 5 rings (SSSR count). The van der Waals surface area contributed by atoms with Gasteiger partial charge in [0.2, 0.25) is 0 Å². The van der Waals surface area contributed by atoms with Crippen LogP contribution in [0, 0.1) is 0 Å². The number of halogens is 7. The second kappa shape index (κ2) is 70.9. The number of rotatable bonds is 44. The minimum absolute atomic E-state index is 0.0341. The van der Waals surface area contributed by atoms with Gasteiger partial charge in [0.25, 0.3) is 0 Å². The molecule has 690 valence electrons. The van der Waals surface area contributed by atoms with Gasteiger partial charge >= 0.3 is 828 Å². The molecule has 1 aliphatic rings. The third kappa shape index (κ3) is 54.4. The van der Waals surface area contributed by atoms with Crippen LogP contribution in [-0.2, 0) is 115 Å². The Morgan fingerprint density at radius 3 is 1.25 bits per heavy atom. The third-order valence-corrected chi connectivity index (χ3v) is 26.8. The summed E-state index contributed by atoms with van der Waals surface area (Å²) in [5.74, 6) is -9.56. The van der Waals surface area contributed by atoms with Crippen LogP contribution in [0.1, 0.15) is 139 Å². The molecule has 122 heavy (non-hydrogen) atoms. The summed E-state index contributed by atoms with van der Waals surface area (Å²) in [6.45, 7) is 8.12. The standard InChI is InChI=1S/C12H12IO6S.C11H17INO7S.2C11H13INO3S.C11H12IO4S.C8H13INO5S.C8H13INO3S/c13-20-12(18)10(7-4-2-1-3-5-7)19-9(15)6-8(14)11(16)17;1-5(14)9(17)13-7(3-4-8(15)16)10(18)20-6(2)11(19)21-12;12-17-11(15)10(16-9(14)6-7-13)8-4-2-1-3-5-8;12-17-9(14)6-7-13-11(16)10(15)8-4-2-1-3-5-8;1-7(11(15)17-12)16-10(14)9(13)8-5-3-2-4-6-8;1-4(8(14)16-9)15-7(13)5(10)2-3-6(11)12;1-5(8(12)14-9)13-7(11)6-3-2-4-10-6/h1-5,8,10,13-14H,6H2,(H,16,17);5-7,12,14H,3-4H2,1-2H3,(H,13,17)(H,15,16);1-5,10,12H,6-7,13H2;1-5,10,12,15H,6-7H2,(H,13,16);2-7,9,12-13H,1H3;4-5,9H,2-3,10H2,1H3,(H,11,12);5-6,9-10H,2-4H2,1H3/q7*-1/t8-,10-;5-,6-,7-;10-;;7-,9-;4-,5-;5-,6-/m000.000/s1/i13T;4*12T;2*9T. The zero-order valence-electron chi connectivity index (χ0n) is 71.6. The Balaban J connectivity index is 0. The van der Waals surface area contributed by atoms with E-state index in [1.54, 1.807) is 122 Å². The summed E-state index contributed by atoms with van der Waals surface area (Å²) < 4.78 is 78.8. The fourth-order valence-electron chi connectivity index (χ4n) is 8.10. The maximum absolute atomic E-state index is 11.9. The number of aliphatic carboxylic acids is 3. The number of hydrogen-bond donors (Lipinski definition) is 12. The van der Waals surface area contributed by atoms with Crippen molar-refractivity contribution < 1.29 is 298 Å². The van der Waals surface area contributed by atoms with Crippen LogP contribution in [0.4, 0.5) is 0 Å². The number of aliphatic hydroxyl groups excluding tert-OH is 4. The van der Waals surface area contributed by atoms with Crippen molar-refractivity contribution in [1.82, 2.24) is 16.0 Å². The summed E-state index contributed by atoms with van der Waals surface area (Å²) >= 11 is -6.97. The second-order valence-electron chi connectivity index (χ2n) is 23.8. The number of carbonyl (C=O) groups excluding carboxylic acids is 15. The summed E-state index contributed by atoms with van der Waals surface area (Å²) in [5.41, 5.74) is 12.7. The molecule has 50 heteroatoms. The Hall–Kier alpha value is -3.98. The number of aliphatic hydroxyl groups is 4. The Morgan fingerprint density at radius 2 is 0.852 bits per heavy atom. The molecule has 36 nitrogen and oxygen atoms in total. The van der Waals surface area contributed by atoms with E-state index in [1.807, 2.05) is 6.07 Å². The van der Waals surface area contributed by atoms with Crippen LogP contribution in [0.3, 0.4) is 0 Å². The van der Waals surface area contributed by atoms with Gasteiger partial charge < -0.3 is 0 Å². The Labute approximate surface area is 818 Å². The number of carboxylic acids is 3. The number of nitrogens with one attached hydrogen (secondary N) is 3. The molecule has 0 saturated carbocycles. The molecule has 1 saturated heterocycles. The van der Waals surface area contributed by atoms with Crippen molar-refractivity contribution in [3.63, 3.8) is 0 Å². The van der Waals surface area contributed by atoms with Crippen molar-refractivity contribution in [1.29, 1.82) is 4.16 Å². The molecule has 4 aromatic rings. The van der Waals surface area contributed by atoms with Crippen molar-refractivity contribution in [3.8, 4) is 0 Å². The predicted octanol–water partition coefficient (Wildman–Crippen LogP) is -18.7. The molecule has 0 aliphatic carbocycles. The molecule has 4 aromatic carbocycles. The zero-order valence-corrected chi connectivity index (χ0v) is 85.4. The van der Waals surface area contributed by atoms with Crippen LogP contribution in [0.15, 0.2) is 121 Å². The van der Waals surface area contributed by atoms with E-state index in [2.05, 4.69) is 16.0 Å². The summed E-state index contributed by atoms with van der Waals surface area (Å²) in [5, 5.41) is 68.6. The molecular weight excluding hydrogens is 2540 g/mol. The second-order valence-corrected chi connectivity index (χ2v) is 37.0. The molecule has 1 aliphatic heterocycles. The number of amides is 2. The Bertz CT molecular complexity index is 4150. The van der Waals surface area contributed by atoms with Gasteiger partial charge in [-0.2, -0.15) is 0 Å². The predicted molar refractivity (Wildman–Crippen MR) is 429 cm³/mol. The monoisotopic (exact) mass is 2650 g/mol. The molecule has 13 atom stereocenters. The normalized spacial score (nSPS) is 15.4. The van der Waals surface area contributed by atoms with Gasteiger partial charge in [-0.25, -0.2) is 0 Å². The van der Waals surface area contributed by atoms with Crippen molar-refractivity contribution in [2.24, 2.45) is 11.5 Å². The number of esters is 6. The molecule has 0 spiro atoms. The molecule has 0 radical (unpaired) electrons. The molecule has 2 amide bonds. The first kappa shape index (κ1) is 107. The minimum atomic E-state index is -1.87. The fourth-order valence-corrected chi connectivity index (χ4v) is 15.8. The molecule has 0 aromatic heterocycles. The van der Waals surface area contributed by atoms with Crippen LogP contribution < -0.4 is 174 Å². The topological polar surface area (TPSA) is 592 Å². The maximum atomic E-state index is 11.9. The summed E-state index contributed by atoms with van der Waals surface area (Å²) in [7, 11) is 6.16. The Morgan fingerprint density at radius 1 is 0.467 bits per heavy atom. The molecule has 14 N–H and O–H groups in total. The van der Waals surface area contributed by atoms with E-state index in [9.17, 15) is 96.5 Å². The molecule has 1 fully saturated rings. The van der Waals surface area contributed by atoms with Crippen molar-refractivity contribution in [3.05, 3.63) is 144 Å². The molecule has 1 unspecified atom stereocenters. The average molecular weight is 2650 g/mol. The van der Waals surface area contributed by atoms with Gasteiger partial charge in [-0.05, 0) is 0 Å². The number of ether oxygens (including phenoxy) is 6. The van der Waals surface area contributed by atoms with Crippen molar-refractivity contribution >= 4 is 164 Å². The molecule has 1 heterocycles. The van der Waals surface area contributed by atoms with Gasteiger partial charge in [-0.3, -0.25) is 0 Å². The first-order valence-electron chi connectivity index (χ1n) is 37.5. The average Bonchev–Trinajstić information content (AvgIpc) is 0.885. The van der Waals surface area contributed by atoms with E-state index < -0.39 is 303 Å². The van der Waals surface area contributed by atoms with Gasteiger partial charge in [0, 0.05) is 0 Å². The van der Waals surface area contributed by atoms with Crippen LogP contribution in [0.5, 0.6) is 0 Å². The van der Waals surface area contributed by atoms with Crippen LogP contribution >= 0.6 is 62.5 Å². The number of benzene rings is 4. The van der Waals surface area contributed by atoms with Gasteiger partial charge in [-0.1, -0.05) is 0 Å². The van der Waals surface area contributed by atoms with Crippen LogP contribution in [-0.4, -0.2) is 216 Å². The number of hydrogen-bond acceptors (Lipinski definition) is 38. The van der Waals surface area contributed by atoms with Gasteiger partial charge in [0.05, 0.1) is 0 Å². The first-order valence-corrected chi connectivity index (χ1v) is 58.4. The molecular formula is C72H93I7N5O31S7-7.